The van der Waals surface area contributed by atoms with E-state index in [-0.39, 0.29) is 11.6 Å². The van der Waals surface area contributed by atoms with E-state index in [0.717, 1.165) is 35.4 Å². The summed E-state index contributed by atoms with van der Waals surface area (Å²) >= 11 is 0. The molecule has 1 aromatic carbocycles. The maximum Gasteiger partial charge on any atom is 0.165 e. The van der Waals surface area contributed by atoms with Gasteiger partial charge in [0.1, 0.15) is 0 Å². The number of rotatable bonds is 4. The molecule has 0 spiro atoms. The Balaban J connectivity index is 2.60. The van der Waals surface area contributed by atoms with Crippen molar-refractivity contribution in [1.29, 1.82) is 0 Å². The summed E-state index contributed by atoms with van der Waals surface area (Å²) in [5, 5.41) is 4.51. The number of ether oxygens (including phenoxy) is 1. The molecule has 0 aliphatic carbocycles. The number of hydrogen-bond acceptors (Lipinski definition) is 2. The molecule has 1 aromatic heterocycles. The maximum atomic E-state index is 13.9. The molecule has 0 saturated carbocycles. The van der Waals surface area contributed by atoms with Crippen LogP contribution in [0.5, 0.6) is 5.75 Å². The summed E-state index contributed by atoms with van der Waals surface area (Å²) in [5.74, 6) is -0.0725. The first-order chi connectivity index (χ1) is 9.12. The van der Waals surface area contributed by atoms with Crippen LogP contribution in [0.15, 0.2) is 18.2 Å². The third-order valence-corrected chi connectivity index (χ3v) is 3.35. The fourth-order valence-electron chi connectivity index (χ4n) is 2.43. The van der Waals surface area contributed by atoms with Crippen LogP contribution in [0.25, 0.3) is 11.1 Å². The minimum atomic E-state index is -0.340. The molecule has 0 aliphatic heterocycles. The van der Waals surface area contributed by atoms with Gasteiger partial charge in [0.15, 0.2) is 11.6 Å². The number of nitrogens with zero attached hydrogens (tertiary/aromatic N) is 2. The molecule has 0 unspecified atom stereocenters. The minimum Gasteiger partial charge on any atom is -0.494 e. The van der Waals surface area contributed by atoms with E-state index in [4.69, 9.17) is 4.74 Å². The third-order valence-electron chi connectivity index (χ3n) is 3.35. The Morgan fingerprint density at radius 1 is 1.26 bits per heavy atom. The summed E-state index contributed by atoms with van der Waals surface area (Å²) in [6.07, 6.45) is 1.70. The Bertz CT molecular complexity index is 590. The van der Waals surface area contributed by atoms with Crippen LogP contribution in [0, 0.1) is 5.82 Å². The highest BCUT2D eigenvalue weighted by atomic mass is 19.1. The molecule has 0 saturated heterocycles. The average molecular weight is 262 g/mol. The fraction of sp³-hybridized carbons (Fsp3) is 0.400. The second kappa shape index (κ2) is 5.43. The molecule has 3 nitrogen and oxygen atoms in total. The van der Waals surface area contributed by atoms with Gasteiger partial charge in [-0.15, -0.1) is 0 Å². The summed E-state index contributed by atoms with van der Waals surface area (Å²) in [4.78, 5) is 0. The molecule has 0 fully saturated rings. The van der Waals surface area contributed by atoms with E-state index in [0.29, 0.717) is 0 Å². The van der Waals surface area contributed by atoms with Crippen molar-refractivity contribution in [2.24, 2.45) is 7.05 Å². The second-order valence-corrected chi connectivity index (χ2v) is 4.45. The maximum absolute atomic E-state index is 13.9. The molecule has 0 aliphatic rings. The Kier molecular flexibility index (Phi) is 3.88. The third kappa shape index (κ3) is 2.35. The van der Waals surface area contributed by atoms with E-state index in [2.05, 4.69) is 18.9 Å². The summed E-state index contributed by atoms with van der Waals surface area (Å²) in [6.45, 7) is 4.14. The van der Waals surface area contributed by atoms with Crippen LogP contribution < -0.4 is 4.74 Å². The second-order valence-electron chi connectivity index (χ2n) is 4.45. The SMILES string of the molecule is CCc1nn(C)c(CC)c1-c1ccc(OC)c(F)c1. The Morgan fingerprint density at radius 3 is 2.53 bits per heavy atom. The van der Waals surface area contributed by atoms with Gasteiger partial charge in [0, 0.05) is 18.3 Å². The van der Waals surface area contributed by atoms with Crippen LogP contribution in [-0.4, -0.2) is 16.9 Å². The van der Waals surface area contributed by atoms with Crippen LogP contribution >= 0.6 is 0 Å². The van der Waals surface area contributed by atoms with E-state index in [1.54, 1.807) is 6.07 Å². The number of halogens is 1. The van der Waals surface area contributed by atoms with Gasteiger partial charge in [-0.1, -0.05) is 19.9 Å². The molecule has 4 heteroatoms. The summed E-state index contributed by atoms with van der Waals surface area (Å²) < 4.78 is 20.7. The topological polar surface area (TPSA) is 27.1 Å². The lowest BCUT2D eigenvalue weighted by molar-refractivity contribution is 0.386. The predicted octanol–water partition coefficient (Wildman–Crippen LogP) is 3.36. The van der Waals surface area contributed by atoms with E-state index in [1.807, 2.05) is 17.8 Å². The number of methoxy groups -OCH3 is 1. The fourth-order valence-corrected chi connectivity index (χ4v) is 2.43. The van der Waals surface area contributed by atoms with E-state index < -0.39 is 0 Å². The zero-order valence-electron chi connectivity index (χ0n) is 11.8. The molecule has 0 atom stereocenters. The molecule has 102 valence electrons. The predicted molar refractivity (Wildman–Crippen MR) is 73.9 cm³/mol. The monoisotopic (exact) mass is 262 g/mol. The first kappa shape index (κ1) is 13.6. The highest BCUT2D eigenvalue weighted by molar-refractivity contribution is 5.69. The van der Waals surface area contributed by atoms with Crippen molar-refractivity contribution in [2.45, 2.75) is 26.7 Å². The zero-order chi connectivity index (χ0) is 14.0. The first-order valence-electron chi connectivity index (χ1n) is 6.51. The van der Waals surface area contributed by atoms with Crippen molar-refractivity contribution in [3.8, 4) is 16.9 Å². The highest BCUT2D eigenvalue weighted by Crippen LogP contribution is 2.31. The molecular weight excluding hydrogens is 243 g/mol. The smallest absolute Gasteiger partial charge is 0.165 e. The van der Waals surface area contributed by atoms with Crippen LogP contribution in [-0.2, 0) is 19.9 Å². The lowest BCUT2D eigenvalue weighted by Gasteiger charge is -2.07. The summed E-state index contributed by atoms with van der Waals surface area (Å²) in [5.41, 5.74) is 4.04. The number of benzene rings is 1. The molecule has 2 aromatic rings. The lowest BCUT2D eigenvalue weighted by Crippen LogP contribution is -1.97. The van der Waals surface area contributed by atoms with Gasteiger partial charge in [0.2, 0.25) is 0 Å². The Hall–Kier alpha value is -1.84. The van der Waals surface area contributed by atoms with Crippen LogP contribution in [0.1, 0.15) is 25.2 Å². The van der Waals surface area contributed by atoms with Crippen molar-refractivity contribution in [3.63, 3.8) is 0 Å². The van der Waals surface area contributed by atoms with Gasteiger partial charge in [-0.3, -0.25) is 4.68 Å². The standard InChI is InChI=1S/C15H19FN2O/c1-5-12-15(13(6-2)18(3)17-12)10-7-8-14(19-4)11(16)9-10/h7-9H,5-6H2,1-4H3. The van der Waals surface area contributed by atoms with Crippen LogP contribution in [0.3, 0.4) is 0 Å². The van der Waals surface area contributed by atoms with Gasteiger partial charge in [-0.2, -0.15) is 5.10 Å². The van der Waals surface area contributed by atoms with Gasteiger partial charge in [-0.25, -0.2) is 4.39 Å². The van der Waals surface area contributed by atoms with Crippen molar-refractivity contribution in [2.75, 3.05) is 7.11 Å². The molecule has 2 rings (SSSR count). The number of aryl methyl sites for hydroxylation is 2. The normalized spacial score (nSPS) is 10.8. The van der Waals surface area contributed by atoms with Crippen molar-refractivity contribution in [3.05, 3.63) is 35.4 Å². The van der Waals surface area contributed by atoms with Gasteiger partial charge >= 0.3 is 0 Å². The van der Waals surface area contributed by atoms with E-state index in [9.17, 15) is 4.39 Å². The molecule has 19 heavy (non-hydrogen) atoms. The molecular formula is C15H19FN2O. The quantitative estimate of drug-likeness (QED) is 0.844. The molecule has 0 N–H and O–H groups in total. The van der Waals surface area contributed by atoms with Crippen molar-refractivity contribution < 1.29 is 9.13 Å². The van der Waals surface area contributed by atoms with Crippen LogP contribution in [0.4, 0.5) is 4.39 Å². The Morgan fingerprint density at radius 2 is 2.00 bits per heavy atom. The van der Waals surface area contributed by atoms with Gasteiger partial charge in [0.25, 0.3) is 0 Å². The van der Waals surface area contributed by atoms with E-state index >= 15 is 0 Å². The highest BCUT2D eigenvalue weighted by Gasteiger charge is 2.16. The summed E-state index contributed by atoms with van der Waals surface area (Å²) in [7, 11) is 3.40. The molecule has 1 heterocycles. The van der Waals surface area contributed by atoms with Gasteiger partial charge in [-0.05, 0) is 30.5 Å². The number of aromatic nitrogens is 2. The molecule has 0 bridgehead atoms. The van der Waals surface area contributed by atoms with E-state index in [1.165, 1.54) is 13.2 Å². The molecule has 0 radical (unpaired) electrons. The van der Waals surface area contributed by atoms with Crippen LogP contribution in [0.2, 0.25) is 0 Å². The van der Waals surface area contributed by atoms with Gasteiger partial charge in [0.05, 0.1) is 12.8 Å². The van der Waals surface area contributed by atoms with Crippen molar-refractivity contribution in [1.82, 2.24) is 9.78 Å². The first-order valence-corrected chi connectivity index (χ1v) is 6.51. The largest absolute Gasteiger partial charge is 0.494 e. The number of hydrogen-bond donors (Lipinski definition) is 0. The summed E-state index contributed by atoms with van der Waals surface area (Å²) in [6, 6.07) is 5.07. The van der Waals surface area contributed by atoms with Gasteiger partial charge < -0.3 is 4.74 Å². The lowest BCUT2D eigenvalue weighted by atomic mass is 10.0. The molecule has 0 amide bonds. The minimum absolute atomic E-state index is 0.267. The van der Waals surface area contributed by atoms with Crippen molar-refractivity contribution >= 4 is 0 Å². The average Bonchev–Trinajstić information content (AvgIpc) is 2.74. The zero-order valence-corrected chi connectivity index (χ0v) is 11.8. The Labute approximate surface area is 113 Å².